The quantitative estimate of drug-likeness (QED) is 0.903. The molecule has 1 fully saturated rings. The first-order valence-electron chi connectivity index (χ1n) is 6.62. The number of aromatic nitrogens is 4. The fourth-order valence-corrected chi connectivity index (χ4v) is 2.55. The molecule has 2 aromatic heterocycles. The average molecular weight is 315 g/mol. The summed E-state index contributed by atoms with van der Waals surface area (Å²) in [7, 11) is 0. The van der Waals surface area contributed by atoms with Crippen molar-refractivity contribution in [3.63, 3.8) is 0 Å². The Morgan fingerprint density at radius 3 is 2.86 bits per heavy atom. The summed E-state index contributed by atoms with van der Waals surface area (Å²) in [5, 5.41) is 13.0. The highest BCUT2D eigenvalue weighted by Gasteiger charge is 2.35. The molecular formula is C12H12F3N5O2. The van der Waals surface area contributed by atoms with E-state index in [1.807, 2.05) is 0 Å². The van der Waals surface area contributed by atoms with Gasteiger partial charge in [0, 0.05) is 19.2 Å². The molecule has 3 heterocycles. The van der Waals surface area contributed by atoms with Crippen LogP contribution in [0.25, 0.3) is 5.78 Å². The summed E-state index contributed by atoms with van der Waals surface area (Å²) in [5.74, 6) is -1.58. The van der Waals surface area contributed by atoms with Gasteiger partial charge in [0.25, 0.3) is 5.78 Å². The number of alkyl halides is 3. The highest BCUT2D eigenvalue weighted by atomic mass is 19.4. The van der Waals surface area contributed by atoms with Crippen LogP contribution in [-0.2, 0) is 11.0 Å². The fourth-order valence-electron chi connectivity index (χ4n) is 2.55. The van der Waals surface area contributed by atoms with Gasteiger partial charge in [-0.1, -0.05) is 0 Å². The van der Waals surface area contributed by atoms with E-state index in [4.69, 9.17) is 5.11 Å². The van der Waals surface area contributed by atoms with Crippen LogP contribution in [0.2, 0.25) is 0 Å². The van der Waals surface area contributed by atoms with Crippen LogP contribution < -0.4 is 4.90 Å². The number of rotatable bonds is 2. The van der Waals surface area contributed by atoms with E-state index >= 15 is 0 Å². The smallest absolute Gasteiger partial charge is 0.433 e. The van der Waals surface area contributed by atoms with E-state index in [2.05, 4.69) is 15.1 Å². The van der Waals surface area contributed by atoms with Crippen molar-refractivity contribution in [2.45, 2.75) is 19.0 Å². The summed E-state index contributed by atoms with van der Waals surface area (Å²) < 4.78 is 40.0. The van der Waals surface area contributed by atoms with Crippen molar-refractivity contribution in [2.75, 3.05) is 18.0 Å². The maximum atomic E-state index is 12.9. The van der Waals surface area contributed by atoms with Crippen molar-refractivity contribution in [2.24, 2.45) is 5.92 Å². The van der Waals surface area contributed by atoms with E-state index in [-0.39, 0.29) is 18.1 Å². The lowest BCUT2D eigenvalue weighted by Gasteiger charge is -2.32. The van der Waals surface area contributed by atoms with Gasteiger partial charge in [0.2, 0.25) is 0 Å². The Kier molecular flexibility index (Phi) is 3.38. The Morgan fingerprint density at radius 2 is 2.18 bits per heavy atom. The van der Waals surface area contributed by atoms with Gasteiger partial charge in [0.1, 0.15) is 12.1 Å². The Balaban J connectivity index is 2.05. The SMILES string of the molecule is O=C(O)[C@H]1CCCN(c2cc(C(F)(F)F)nc3ncnn23)C1. The van der Waals surface area contributed by atoms with E-state index < -0.39 is 23.8 Å². The lowest BCUT2D eigenvalue weighted by atomic mass is 9.98. The first-order chi connectivity index (χ1) is 10.4. The van der Waals surface area contributed by atoms with Crippen LogP contribution in [0.15, 0.2) is 12.4 Å². The van der Waals surface area contributed by atoms with Gasteiger partial charge in [-0.3, -0.25) is 4.79 Å². The van der Waals surface area contributed by atoms with Gasteiger partial charge in [-0.05, 0) is 12.8 Å². The third kappa shape index (κ3) is 2.55. The number of hydrogen-bond acceptors (Lipinski definition) is 5. The number of nitrogens with zero attached hydrogens (tertiary/aromatic N) is 5. The summed E-state index contributed by atoms with van der Waals surface area (Å²) in [6.45, 7) is 0.589. The first kappa shape index (κ1) is 14.5. The molecule has 10 heteroatoms. The van der Waals surface area contributed by atoms with Crippen LogP contribution in [0.3, 0.4) is 0 Å². The number of hydrogen-bond donors (Lipinski definition) is 1. The molecule has 0 spiro atoms. The van der Waals surface area contributed by atoms with E-state index in [0.717, 1.165) is 12.4 Å². The topological polar surface area (TPSA) is 83.6 Å². The average Bonchev–Trinajstić information content (AvgIpc) is 2.93. The van der Waals surface area contributed by atoms with Gasteiger partial charge in [-0.25, -0.2) is 4.98 Å². The fraction of sp³-hybridized carbons (Fsp3) is 0.500. The molecule has 22 heavy (non-hydrogen) atoms. The summed E-state index contributed by atoms with van der Waals surface area (Å²) in [5.41, 5.74) is -1.07. The zero-order valence-corrected chi connectivity index (χ0v) is 11.3. The molecule has 7 nitrogen and oxygen atoms in total. The largest absolute Gasteiger partial charge is 0.481 e. The minimum absolute atomic E-state index is 0.131. The van der Waals surface area contributed by atoms with Gasteiger partial charge < -0.3 is 10.0 Å². The van der Waals surface area contributed by atoms with Crippen molar-refractivity contribution in [1.29, 1.82) is 0 Å². The predicted molar refractivity (Wildman–Crippen MR) is 68.4 cm³/mol. The molecule has 118 valence electrons. The van der Waals surface area contributed by atoms with Gasteiger partial charge in [0.15, 0.2) is 5.69 Å². The molecule has 0 unspecified atom stereocenters. The number of fused-ring (bicyclic) bond motifs is 1. The van der Waals surface area contributed by atoms with Crippen LogP contribution in [0.1, 0.15) is 18.5 Å². The first-order valence-corrected chi connectivity index (χ1v) is 6.62. The van der Waals surface area contributed by atoms with Crippen molar-refractivity contribution in [1.82, 2.24) is 19.6 Å². The number of carbonyl (C=O) groups is 1. The normalized spacial score (nSPS) is 19.6. The molecular weight excluding hydrogens is 303 g/mol. The number of carboxylic acid groups (broad SMARTS) is 1. The van der Waals surface area contributed by atoms with Gasteiger partial charge in [-0.15, -0.1) is 0 Å². The molecule has 1 aliphatic rings. The van der Waals surface area contributed by atoms with Gasteiger partial charge >= 0.3 is 12.1 Å². The van der Waals surface area contributed by atoms with Gasteiger partial charge in [-0.2, -0.15) is 27.8 Å². The molecule has 3 rings (SSSR count). The van der Waals surface area contributed by atoms with Crippen LogP contribution in [-0.4, -0.2) is 43.7 Å². The Morgan fingerprint density at radius 1 is 1.41 bits per heavy atom. The molecule has 1 atom stereocenters. The van der Waals surface area contributed by atoms with Crippen LogP contribution in [0.4, 0.5) is 19.0 Å². The standard InChI is InChI=1S/C12H12F3N5O2/c13-12(14,15)8-4-9(20-11(18-8)16-6-17-20)19-3-1-2-7(5-19)10(21)22/h4,6-7H,1-3,5H2,(H,21,22)/t7-/m0/s1. The summed E-state index contributed by atoms with van der Waals surface area (Å²) in [6.07, 6.45) is -2.41. The van der Waals surface area contributed by atoms with Crippen LogP contribution in [0, 0.1) is 5.92 Å². The molecule has 1 N–H and O–H groups in total. The zero-order chi connectivity index (χ0) is 15.9. The molecule has 0 bridgehead atoms. The third-order valence-electron chi connectivity index (χ3n) is 3.62. The van der Waals surface area contributed by atoms with E-state index in [0.29, 0.717) is 19.4 Å². The predicted octanol–water partition coefficient (Wildman–Crippen LogP) is 1.44. The molecule has 2 aromatic rings. The second kappa shape index (κ2) is 5.11. The Bertz CT molecular complexity index is 714. The summed E-state index contributed by atoms with van der Waals surface area (Å²) in [4.78, 5) is 19.8. The summed E-state index contributed by atoms with van der Waals surface area (Å²) >= 11 is 0. The number of anilines is 1. The number of piperidine rings is 1. The maximum absolute atomic E-state index is 12.9. The number of halogens is 3. The highest BCUT2D eigenvalue weighted by molar-refractivity contribution is 5.71. The third-order valence-corrected chi connectivity index (χ3v) is 3.62. The van der Waals surface area contributed by atoms with Crippen molar-refractivity contribution in [3.8, 4) is 0 Å². The molecule has 0 radical (unpaired) electrons. The van der Waals surface area contributed by atoms with E-state index in [9.17, 15) is 18.0 Å². The Hall–Kier alpha value is -2.39. The second-order valence-electron chi connectivity index (χ2n) is 5.09. The van der Waals surface area contributed by atoms with E-state index in [1.54, 1.807) is 4.90 Å². The van der Waals surface area contributed by atoms with Gasteiger partial charge in [0.05, 0.1) is 5.92 Å². The van der Waals surface area contributed by atoms with Crippen LogP contribution >= 0.6 is 0 Å². The number of aliphatic carboxylic acids is 1. The maximum Gasteiger partial charge on any atom is 0.433 e. The molecule has 0 aromatic carbocycles. The monoisotopic (exact) mass is 315 g/mol. The summed E-state index contributed by atoms with van der Waals surface area (Å²) in [6, 6.07) is 0.881. The second-order valence-corrected chi connectivity index (χ2v) is 5.09. The molecule has 0 aliphatic carbocycles. The van der Waals surface area contributed by atoms with Crippen molar-refractivity contribution in [3.05, 3.63) is 18.1 Å². The molecule has 0 amide bonds. The highest BCUT2D eigenvalue weighted by Crippen LogP contribution is 2.31. The molecule has 1 aliphatic heterocycles. The van der Waals surface area contributed by atoms with Crippen molar-refractivity contribution >= 4 is 17.6 Å². The van der Waals surface area contributed by atoms with Crippen LogP contribution in [0.5, 0.6) is 0 Å². The van der Waals surface area contributed by atoms with Crippen molar-refractivity contribution < 1.29 is 23.1 Å². The minimum atomic E-state index is -4.61. The zero-order valence-electron chi connectivity index (χ0n) is 11.3. The molecule has 0 saturated carbocycles. The lowest BCUT2D eigenvalue weighted by molar-refractivity contribution is -0.142. The van der Waals surface area contributed by atoms with E-state index in [1.165, 1.54) is 4.52 Å². The Labute approximate surface area is 122 Å². The molecule has 1 saturated heterocycles. The minimum Gasteiger partial charge on any atom is -0.481 e. The number of carboxylic acids is 1. The lowest BCUT2D eigenvalue weighted by Crippen LogP contribution is -2.40.